The molecule has 0 saturated heterocycles. The van der Waals surface area contributed by atoms with Gasteiger partial charge in [0.1, 0.15) is 5.75 Å². The van der Waals surface area contributed by atoms with Crippen LogP contribution in [-0.2, 0) is 12.6 Å². The molecule has 0 aliphatic rings. The van der Waals surface area contributed by atoms with Crippen molar-refractivity contribution in [2.24, 2.45) is 0 Å². The van der Waals surface area contributed by atoms with Crippen LogP contribution < -0.4 is 10.5 Å². The van der Waals surface area contributed by atoms with Crippen LogP contribution in [0.3, 0.4) is 0 Å². The lowest BCUT2D eigenvalue weighted by Gasteiger charge is -2.14. The van der Waals surface area contributed by atoms with E-state index in [1.165, 1.54) is 19.2 Å². The van der Waals surface area contributed by atoms with E-state index < -0.39 is 11.7 Å². The van der Waals surface area contributed by atoms with Gasteiger partial charge in [-0.3, -0.25) is 0 Å². The molecule has 0 atom stereocenters. The van der Waals surface area contributed by atoms with Crippen LogP contribution in [0.5, 0.6) is 5.75 Å². The van der Waals surface area contributed by atoms with Gasteiger partial charge < -0.3 is 10.5 Å². The quantitative estimate of drug-likeness (QED) is 0.866. The van der Waals surface area contributed by atoms with Crippen LogP contribution in [-0.4, -0.2) is 7.11 Å². The molecule has 2 nitrogen and oxygen atoms in total. The van der Waals surface area contributed by atoms with Crippen LogP contribution in [0.2, 0.25) is 0 Å². The Kier molecular flexibility index (Phi) is 3.88. The zero-order chi connectivity index (χ0) is 14.8. The van der Waals surface area contributed by atoms with Crippen LogP contribution in [0.4, 0.5) is 18.9 Å². The van der Waals surface area contributed by atoms with Gasteiger partial charge >= 0.3 is 6.18 Å². The second kappa shape index (κ2) is 5.45. The average molecular weight is 281 g/mol. The summed E-state index contributed by atoms with van der Waals surface area (Å²) in [5, 5.41) is 0. The summed E-state index contributed by atoms with van der Waals surface area (Å²) in [6, 6.07) is 10.5. The van der Waals surface area contributed by atoms with Crippen molar-refractivity contribution in [1.29, 1.82) is 0 Å². The number of methoxy groups -OCH3 is 1. The van der Waals surface area contributed by atoms with Gasteiger partial charge in [-0.05, 0) is 35.4 Å². The molecule has 2 aromatic rings. The summed E-state index contributed by atoms with van der Waals surface area (Å²) in [7, 11) is 1.50. The first-order valence-corrected chi connectivity index (χ1v) is 5.99. The number of nitrogen functional groups attached to an aromatic ring is 1. The summed E-state index contributed by atoms with van der Waals surface area (Å²) in [5.74, 6) is 0.568. The molecule has 2 aromatic carbocycles. The second-order valence-electron chi connectivity index (χ2n) is 4.40. The third-order valence-corrected chi connectivity index (χ3v) is 3.05. The molecule has 0 heterocycles. The topological polar surface area (TPSA) is 35.2 Å². The summed E-state index contributed by atoms with van der Waals surface area (Å²) in [6.07, 6.45) is -4.26. The van der Waals surface area contributed by atoms with Gasteiger partial charge in [-0.25, -0.2) is 0 Å². The predicted molar refractivity (Wildman–Crippen MR) is 71.7 cm³/mol. The van der Waals surface area contributed by atoms with E-state index in [-0.39, 0.29) is 12.0 Å². The van der Waals surface area contributed by atoms with Gasteiger partial charge in [0.15, 0.2) is 0 Å². The highest BCUT2D eigenvalue weighted by atomic mass is 19.4. The summed E-state index contributed by atoms with van der Waals surface area (Å²) in [5.41, 5.74) is 6.43. The van der Waals surface area contributed by atoms with Crippen molar-refractivity contribution >= 4 is 5.69 Å². The van der Waals surface area contributed by atoms with E-state index in [4.69, 9.17) is 10.5 Å². The Labute approximate surface area is 115 Å². The number of alkyl halides is 3. The maximum absolute atomic E-state index is 12.9. The molecule has 0 unspecified atom stereocenters. The van der Waals surface area contributed by atoms with Gasteiger partial charge in [-0.15, -0.1) is 0 Å². The monoisotopic (exact) mass is 281 g/mol. The average Bonchev–Trinajstić information content (AvgIpc) is 2.41. The number of benzene rings is 2. The molecule has 0 fully saturated rings. The third-order valence-electron chi connectivity index (χ3n) is 3.05. The number of ether oxygens (including phenoxy) is 1. The largest absolute Gasteiger partial charge is 0.497 e. The fourth-order valence-corrected chi connectivity index (χ4v) is 2.02. The Hall–Kier alpha value is -2.17. The van der Waals surface area contributed by atoms with Crippen molar-refractivity contribution in [2.45, 2.75) is 12.6 Å². The first kappa shape index (κ1) is 14.2. The fraction of sp³-hybridized carbons (Fsp3) is 0.200. The van der Waals surface area contributed by atoms with Gasteiger partial charge in [0.2, 0.25) is 0 Å². The Bertz CT molecular complexity index is 608. The second-order valence-corrected chi connectivity index (χ2v) is 4.40. The van der Waals surface area contributed by atoms with Gasteiger partial charge in [0.25, 0.3) is 0 Å². The molecule has 2 N–H and O–H groups in total. The molecule has 20 heavy (non-hydrogen) atoms. The molecule has 0 bridgehead atoms. The molecular formula is C15H14F3NO. The smallest absolute Gasteiger partial charge is 0.416 e. The lowest BCUT2D eigenvalue weighted by atomic mass is 9.98. The molecule has 106 valence electrons. The van der Waals surface area contributed by atoms with E-state index in [9.17, 15) is 13.2 Å². The standard InChI is InChI=1S/C15H14F3NO/c1-20-12-6-7-14(19)11(9-12)8-10-4-2-3-5-13(10)15(16,17)18/h2-7,9H,8,19H2,1H3. The van der Waals surface area contributed by atoms with Crippen LogP contribution >= 0.6 is 0 Å². The molecule has 0 aliphatic carbocycles. The van der Waals surface area contributed by atoms with E-state index in [2.05, 4.69) is 0 Å². The number of hydrogen-bond donors (Lipinski definition) is 1. The number of hydrogen-bond acceptors (Lipinski definition) is 2. The Morgan fingerprint density at radius 3 is 2.40 bits per heavy atom. The maximum Gasteiger partial charge on any atom is 0.416 e. The molecule has 0 aromatic heterocycles. The maximum atomic E-state index is 12.9. The molecule has 0 saturated carbocycles. The Morgan fingerprint density at radius 2 is 1.75 bits per heavy atom. The summed E-state index contributed by atoms with van der Waals surface area (Å²) < 4.78 is 43.9. The summed E-state index contributed by atoms with van der Waals surface area (Å²) >= 11 is 0. The van der Waals surface area contributed by atoms with Crippen LogP contribution in [0, 0.1) is 0 Å². The first-order chi connectivity index (χ1) is 9.41. The van der Waals surface area contributed by atoms with Crippen molar-refractivity contribution in [3.8, 4) is 5.75 Å². The van der Waals surface area contributed by atoms with Crippen molar-refractivity contribution in [1.82, 2.24) is 0 Å². The van der Waals surface area contributed by atoms with E-state index >= 15 is 0 Å². The number of anilines is 1. The molecule has 0 spiro atoms. The Morgan fingerprint density at radius 1 is 1.05 bits per heavy atom. The first-order valence-electron chi connectivity index (χ1n) is 5.99. The molecule has 0 radical (unpaired) electrons. The zero-order valence-corrected chi connectivity index (χ0v) is 10.9. The highest BCUT2D eigenvalue weighted by Gasteiger charge is 2.32. The molecule has 5 heteroatoms. The third kappa shape index (κ3) is 3.04. The molecule has 0 aliphatic heterocycles. The highest BCUT2D eigenvalue weighted by Crippen LogP contribution is 2.33. The molecular weight excluding hydrogens is 267 g/mol. The van der Waals surface area contributed by atoms with Crippen molar-refractivity contribution < 1.29 is 17.9 Å². The van der Waals surface area contributed by atoms with E-state index in [1.54, 1.807) is 24.3 Å². The zero-order valence-electron chi connectivity index (χ0n) is 10.9. The van der Waals surface area contributed by atoms with Gasteiger partial charge in [-0.1, -0.05) is 18.2 Å². The summed E-state index contributed by atoms with van der Waals surface area (Å²) in [4.78, 5) is 0. The predicted octanol–water partition coefficient (Wildman–Crippen LogP) is 3.89. The highest BCUT2D eigenvalue weighted by molar-refractivity contribution is 5.53. The van der Waals surface area contributed by atoms with Gasteiger partial charge in [0.05, 0.1) is 12.7 Å². The minimum absolute atomic E-state index is 0.110. The number of nitrogens with two attached hydrogens (primary N) is 1. The van der Waals surface area contributed by atoms with E-state index in [0.717, 1.165) is 6.07 Å². The molecule has 0 amide bonds. The lowest BCUT2D eigenvalue weighted by molar-refractivity contribution is -0.138. The normalized spacial score (nSPS) is 11.4. The number of rotatable bonds is 3. The van der Waals surface area contributed by atoms with E-state index in [0.29, 0.717) is 17.0 Å². The van der Waals surface area contributed by atoms with Crippen molar-refractivity contribution in [3.05, 3.63) is 59.2 Å². The van der Waals surface area contributed by atoms with Crippen molar-refractivity contribution in [3.63, 3.8) is 0 Å². The minimum Gasteiger partial charge on any atom is -0.497 e. The molecule has 2 rings (SSSR count). The van der Waals surface area contributed by atoms with Crippen molar-refractivity contribution in [2.75, 3.05) is 12.8 Å². The summed E-state index contributed by atoms with van der Waals surface area (Å²) in [6.45, 7) is 0. The number of halogens is 3. The SMILES string of the molecule is COc1ccc(N)c(Cc2ccccc2C(F)(F)F)c1. The van der Waals surface area contributed by atoms with Crippen LogP contribution in [0.15, 0.2) is 42.5 Å². The van der Waals surface area contributed by atoms with Gasteiger partial charge in [0, 0.05) is 12.1 Å². The van der Waals surface area contributed by atoms with E-state index in [1.807, 2.05) is 0 Å². The Balaban J connectivity index is 2.40. The van der Waals surface area contributed by atoms with Crippen LogP contribution in [0.25, 0.3) is 0 Å². The minimum atomic E-state index is -4.37. The fourth-order valence-electron chi connectivity index (χ4n) is 2.02. The van der Waals surface area contributed by atoms with Gasteiger partial charge in [-0.2, -0.15) is 13.2 Å². The van der Waals surface area contributed by atoms with Crippen LogP contribution in [0.1, 0.15) is 16.7 Å². The lowest BCUT2D eigenvalue weighted by Crippen LogP contribution is -2.09.